The summed E-state index contributed by atoms with van der Waals surface area (Å²) >= 11 is 0. The number of hydrogen-bond acceptors (Lipinski definition) is 5. The quantitative estimate of drug-likeness (QED) is 0.727. The molecule has 0 fully saturated rings. The standard InChI is InChI=1S/C17H23N5O3/c1-21(2)15-6-4-13(5-7-15)10-18-16(23)17(24)20-14-11-19-22(12-14)8-9-25-3/h4-7,11-12H,8-10H2,1-3H3,(H,18,23)(H,20,24). The molecule has 0 aliphatic rings. The summed E-state index contributed by atoms with van der Waals surface area (Å²) < 4.78 is 6.58. The van der Waals surface area contributed by atoms with Crippen molar-refractivity contribution in [2.45, 2.75) is 13.1 Å². The van der Waals surface area contributed by atoms with Gasteiger partial charge in [-0.1, -0.05) is 12.1 Å². The van der Waals surface area contributed by atoms with Gasteiger partial charge in [-0.05, 0) is 17.7 Å². The zero-order valence-corrected chi connectivity index (χ0v) is 14.7. The van der Waals surface area contributed by atoms with E-state index in [2.05, 4.69) is 15.7 Å². The third kappa shape index (κ3) is 5.61. The molecule has 0 unspecified atom stereocenters. The predicted octanol–water partition coefficient (Wildman–Crippen LogP) is 0.850. The highest BCUT2D eigenvalue weighted by Gasteiger charge is 2.14. The van der Waals surface area contributed by atoms with Crippen LogP contribution in [0.25, 0.3) is 0 Å². The van der Waals surface area contributed by atoms with Gasteiger partial charge in [-0.25, -0.2) is 0 Å². The maximum absolute atomic E-state index is 11.9. The Morgan fingerprint density at radius 1 is 1.20 bits per heavy atom. The Hall–Kier alpha value is -2.87. The molecule has 0 aliphatic heterocycles. The number of methoxy groups -OCH3 is 1. The number of hydrogen-bond donors (Lipinski definition) is 2. The third-order valence-electron chi connectivity index (χ3n) is 3.53. The minimum Gasteiger partial charge on any atom is -0.383 e. The van der Waals surface area contributed by atoms with Crippen LogP contribution in [0.15, 0.2) is 36.7 Å². The van der Waals surface area contributed by atoms with Crippen molar-refractivity contribution in [2.24, 2.45) is 0 Å². The molecule has 8 nitrogen and oxygen atoms in total. The molecular weight excluding hydrogens is 322 g/mol. The Kier molecular flexibility index (Phi) is 6.53. The fourth-order valence-corrected chi connectivity index (χ4v) is 2.10. The van der Waals surface area contributed by atoms with Crippen LogP contribution in [-0.4, -0.2) is 49.4 Å². The highest BCUT2D eigenvalue weighted by atomic mass is 16.5. The molecule has 8 heteroatoms. The smallest absolute Gasteiger partial charge is 0.313 e. The lowest BCUT2D eigenvalue weighted by Gasteiger charge is -2.12. The average Bonchev–Trinajstić information content (AvgIpc) is 3.05. The number of nitrogens with one attached hydrogen (secondary N) is 2. The monoisotopic (exact) mass is 345 g/mol. The van der Waals surface area contributed by atoms with Gasteiger partial charge in [0.05, 0.1) is 25.0 Å². The summed E-state index contributed by atoms with van der Waals surface area (Å²) in [5, 5.41) is 9.18. The average molecular weight is 345 g/mol. The van der Waals surface area contributed by atoms with Crippen LogP contribution in [0.1, 0.15) is 5.56 Å². The second-order valence-electron chi connectivity index (χ2n) is 5.68. The van der Waals surface area contributed by atoms with E-state index < -0.39 is 11.8 Å². The van der Waals surface area contributed by atoms with Crippen molar-refractivity contribution < 1.29 is 14.3 Å². The highest BCUT2D eigenvalue weighted by Crippen LogP contribution is 2.12. The van der Waals surface area contributed by atoms with Crippen molar-refractivity contribution in [1.29, 1.82) is 0 Å². The molecule has 0 radical (unpaired) electrons. The zero-order chi connectivity index (χ0) is 18.2. The first-order valence-electron chi connectivity index (χ1n) is 7.86. The molecular formula is C17H23N5O3. The van der Waals surface area contributed by atoms with E-state index in [0.717, 1.165) is 11.3 Å². The molecule has 2 aromatic rings. The van der Waals surface area contributed by atoms with Gasteiger partial charge in [-0.15, -0.1) is 0 Å². The number of anilines is 2. The number of carbonyl (C=O) groups excluding carboxylic acids is 2. The molecule has 1 aromatic heterocycles. The van der Waals surface area contributed by atoms with Crippen LogP contribution in [-0.2, 0) is 27.4 Å². The van der Waals surface area contributed by atoms with Gasteiger partial charge in [-0.2, -0.15) is 5.10 Å². The first kappa shape index (κ1) is 18.5. The van der Waals surface area contributed by atoms with E-state index in [4.69, 9.17) is 4.74 Å². The Balaban J connectivity index is 1.81. The van der Waals surface area contributed by atoms with E-state index in [0.29, 0.717) is 18.8 Å². The summed E-state index contributed by atoms with van der Waals surface area (Å²) in [7, 11) is 5.52. The van der Waals surface area contributed by atoms with Crippen LogP contribution >= 0.6 is 0 Å². The Labute approximate surface area is 146 Å². The van der Waals surface area contributed by atoms with Gasteiger partial charge in [0.25, 0.3) is 0 Å². The molecule has 0 spiro atoms. The normalized spacial score (nSPS) is 10.4. The second kappa shape index (κ2) is 8.84. The number of rotatable bonds is 7. The van der Waals surface area contributed by atoms with E-state index in [1.54, 1.807) is 18.0 Å². The molecule has 2 N–H and O–H groups in total. The Bertz CT molecular complexity index is 709. The summed E-state index contributed by atoms with van der Waals surface area (Å²) in [6, 6.07) is 7.73. The van der Waals surface area contributed by atoms with Gasteiger partial charge in [0.1, 0.15) is 0 Å². The Morgan fingerprint density at radius 3 is 2.56 bits per heavy atom. The molecule has 2 amide bonds. The minimum atomic E-state index is -0.726. The Morgan fingerprint density at radius 2 is 1.92 bits per heavy atom. The summed E-state index contributed by atoms with van der Waals surface area (Å²) in [6.07, 6.45) is 3.13. The number of nitrogens with zero attached hydrogens (tertiary/aromatic N) is 3. The van der Waals surface area contributed by atoms with Gasteiger partial charge < -0.3 is 20.3 Å². The SMILES string of the molecule is COCCn1cc(NC(=O)C(=O)NCc2ccc(N(C)C)cc2)cn1. The van der Waals surface area contributed by atoms with Crippen LogP contribution in [0.3, 0.4) is 0 Å². The van der Waals surface area contributed by atoms with Gasteiger partial charge in [-0.3, -0.25) is 14.3 Å². The number of aromatic nitrogens is 2. The fraction of sp³-hybridized carbons (Fsp3) is 0.353. The lowest BCUT2D eigenvalue weighted by molar-refractivity contribution is -0.136. The molecule has 2 rings (SSSR count). The topological polar surface area (TPSA) is 88.5 Å². The largest absolute Gasteiger partial charge is 0.383 e. The van der Waals surface area contributed by atoms with Crippen LogP contribution in [0.4, 0.5) is 11.4 Å². The lowest BCUT2D eigenvalue weighted by atomic mass is 10.2. The lowest BCUT2D eigenvalue weighted by Crippen LogP contribution is -2.34. The van der Waals surface area contributed by atoms with Crippen molar-refractivity contribution in [3.05, 3.63) is 42.2 Å². The summed E-state index contributed by atoms with van der Waals surface area (Å²) in [5.41, 5.74) is 2.45. The molecule has 134 valence electrons. The molecule has 0 saturated carbocycles. The number of amides is 2. The molecule has 1 heterocycles. The van der Waals surface area contributed by atoms with E-state index in [9.17, 15) is 9.59 Å². The van der Waals surface area contributed by atoms with Crippen LogP contribution < -0.4 is 15.5 Å². The molecule has 1 aromatic carbocycles. The van der Waals surface area contributed by atoms with Crippen molar-refractivity contribution in [3.8, 4) is 0 Å². The summed E-state index contributed by atoms with van der Waals surface area (Å²) in [4.78, 5) is 25.8. The van der Waals surface area contributed by atoms with E-state index in [-0.39, 0.29) is 6.54 Å². The highest BCUT2D eigenvalue weighted by molar-refractivity contribution is 6.39. The van der Waals surface area contributed by atoms with Crippen molar-refractivity contribution >= 4 is 23.2 Å². The first-order valence-corrected chi connectivity index (χ1v) is 7.86. The second-order valence-corrected chi connectivity index (χ2v) is 5.68. The zero-order valence-electron chi connectivity index (χ0n) is 14.7. The van der Waals surface area contributed by atoms with Gasteiger partial charge >= 0.3 is 11.8 Å². The summed E-state index contributed by atoms with van der Waals surface area (Å²) in [6.45, 7) is 1.37. The van der Waals surface area contributed by atoms with Gasteiger partial charge in [0.15, 0.2) is 0 Å². The molecule has 0 saturated heterocycles. The van der Waals surface area contributed by atoms with Crippen LogP contribution in [0.2, 0.25) is 0 Å². The first-order chi connectivity index (χ1) is 12.0. The third-order valence-corrected chi connectivity index (χ3v) is 3.53. The fourth-order valence-electron chi connectivity index (χ4n) is 2.10. The van der Waals surface area contributed by atoms with Crippen molar-refractivity contribution in [2.75, 3.05) is 38.0 Å². The number of benzene rings is 1. The number of carbonyl (C=O) groups is 2. The maximum Gasteiger partial charge on any atom is 0.313 e. The molecule has 0 aliphatic carbocycles. The van der Waals surface area contributed by atoms with Gasteiger partial charge in [0, 0.05) is 39.6 Å². The van der Waals surface area contributed by atoms with E-state index >= 15 is 0 Å². The number of ether oxygens (including phenoxy) is 1. The van der Waals surface area contributed by atoms with E-state index in [1.165, 1.54) is 6.20 Å². The molecule has 0 bridgehead atoms. The van der Waals surface area contributed by atoms with Crippen molar-refractivity contribution in [1.82, 2.24) is 15.1 Å². The minimum absolute atomic E-state index is 0.285. The van der Waals surface area contributed by atoms with Gasteiger partial charge in [0.2, 0.25) is 0 Å². The van der Waals surface area contributed by atoms with E-state index in [1.807, 2.05) is 43.3 Å². The molecule has 0 atom stereocenters. The summed E-state index contributed by atoms with van der Waals surface area (Å²) in [5.74, 6) is -1.42. The van der Waals surface area contributed by atoms with Crippen molar-refractivity contribution in [3.63, 3.8) is 0 Å². The maximum atomic E-state index is 11.9. The molecule has 25 heavy (non-hydrogen) atoms. The predicted molar refractivity (Wildman–Crippen MR) is 95.3 cm³/mol. The van der Waals surface area contributed by atoms with Crippen LogP contribution in [0.5, 0.6) is 0 Å². The van der Waals surface area contributed by atoms with Crippen LogP contribution in [0, 0.1) is 0 Å².